The Morgan fingerprint density at radius 3 is 2.24 bits per heavy atom. The molecule has 0 radical (unpaired) electrons. The zero-order valence-electron chi connectivity index (χ0n) is 10.9. The Balaban J connectivity index is 2.83. The van der Waals surface area contributed by atoms with E-state index in [2.05, 4.69) is 27.3 Å². The molecule has 0 saturated heterocycles. The minimum absolute atomic E-state index is 0.00255. The molecule has 1 rings (SSSR count). The average Bonchev–Trinajstić information content (AvgIpc) is 2.14. The van der Waals surface area contributed by atoms with Crippen LogP contribution >= 0.6 is 15.9 Å². The number of carbonyl (C=O) groups excluding carboxylic acids is 1. The fraction of sp³-hybridized carbons (Fsp3) is 0.500. The first kappa shape index (κ1) is 14.2. The van der Waals surface area contributed by atoms with Gasteiger partial charge in [-0.15, -0.1) is 0 Å². The van der Waals surface area contributed by atoms with Gasteiger partial charge in [-0.2, -0.15) is 0 Å². The maximum absolute atomic E-state index is 12.1. The number of aryl methyl sites for hydroxylation is 2. The van der Waals surface area contributed by atoms with Crippen LogP contribution in [0.1, 0.15) is 41.8 Å². The molecule has 0 heterocycles. The molecular formula is C14H20BrNO. The smallest absolute Gasteiger partial charge is 0.251 e. The van der Waals surface area contributed by atoms with Crippen molar-refractivity contribution in [3.8, 4) is 0 Å². The van der Waals surface area contributed by atoms with Gasteiger partial charge in [0.15, 0.2) is 0 Å². The van der Waals surface area contributed by atoms with E-state index < -0.39 is 0 Å². The summed E-state index contributed by atoms with van der Waals surface area (Å²) in [6.07, 6.45) is 0.906. The molecular weight excluding hydrogens is 278 g/mol. The van der Waals surface area contributed by atoms with Crippen molar-refractivity contribution in [2.24, 2.45) is 0 Å². The van der Waals surface area contributed by atoms with Gasteiger partial charge in [0.05, 0.1) is 0 Å². The first-order chi connectivity index (χ1) is 7.84. The van der Waals surface area contributed by atoms with Gasteiger partial charge in [0.1, 0.15) is 0 Å². The first-order valence-corrected chi connectivity index (χ1v) is 6.93. The summed E-state index contributed by atoms with van der Waals surface area (Å²) in [6.45, 7) is 8.09. The van der Waals surface area contributed by atoms with Crippen molar-refractivity contribution in [2.45, 2.75) is 39.7 Å². The van der Waals surface area contributed by atoms with Crippen molar-refractivity contribution in [2.75, 3.05) is 5.33 Å². The first-order valence-electron chi connectivity index (χ1n) is 5.81. The van der Waals surface area contributed by atoms with E-state index in [-0.39, 0.29) is 11.4 Å². The number of alkyl halides is 1. The molecule has 0 saturated carbocycles. The fourth-order valence-electron chi connectivity index (χ4n) is 1.78. The minimum Gasteiger partial charge on any atom is -0.347 e. The van der Waals surface area contributed by atoms with Gasteiger partial charge in [0, 0.05) is 16.4 Å². The standard InChI is InChI=1S/C14H20BrNO/c1-10-7-11(2)9-12(8-10)13(17)16-14(3,4)5-6-15/h7-9H,5-6H2,1-4H3,(H,16,17). The largest absolute Gasteiger partial charge is 0.347 e. The molecule has 1 amide bonds. The second kappa shape index (κ2) is 5.67. The Morgan fingerprint density at radius 1 is 1.24 bits per heavy atom. The van der Waals surface area contributed by atoms with E-state index in [9.17, 15) is 4.79 Å². The molecule has 0 spiro atoms. The number of nitrogens with one attached hydrogen (secondary N) is 1. The lowest BCUT2D eigenvalue weighted by molar-refractivity contribution is 0.0911. The Morgan fingerprint density at radius 2 is 1.76 bits per heavy atom. The van der Waals surface area contributed by atoms with Crippen LogP contribution in [0.5, 0.6) is 0 Å². The molecule has 0 aliphatic carbocycles. The summed E-state index contributed by atoms with van der Waals surface area (Å²) in [5.74, 6) is 0.00255. The molecule has 0 aliphatic heterocycles. The molecule has 3 heteroatoms. The molecule has 0 aromatic heterocycles. The van der Waals surface area contributed by atoms with Gasteiger partial charge in [-0.05, 0) is 46.2 Å². The highest BCUT2D eigenvalue weighted by Crippen LogP contribution is 2.13. The summed E-state index contributed by atoms with van der Waals surface area (Å²) < 4.78 is 0. The SMILES string of the molecule is Cc1cc(C)cc(C(=O)NC(C)(C)CCBr)c1. The van der Waals surface area contributed by atoms with Crippen LogP contribution in [-0.2, 0) is 0 Å². The predicted octanol–water partition coefficient (Wildman–Crippen LogP) is 3.60. The number of rotatable bonds is 4. The molecule has 0 aliphatic rings. The van der Waals surface area contributed by atoms with Crippen molar-refractivity contribution in [1.82, 2.24) is 5.32 Å². The van der Waals surface area contributed by atoms with Gasteiger partial charge in [0.2, 0.25) is 0 Å². The van der Waals surface area contributed by atoms with Gasteiger partial charge >= 0.3 is 0 Å². The van der Waals surface area contributed by atoms with Crippen molar-refractivity contribution in [1.29, 1.82) is 0 Å². The summed E-state index contributed by atoms with van der Waals surface area (Å²) in [7, 11) is 0. The summed E-state index contributed by atoms with van der Waals surface area (Å²) >= 11 is 3.40. The van der Waals surface area contributed by atoms with Crippen molar-refractivity contribution < 1.29 is 4.79 Å². The van der Waals surface area contributed by atoms with Crippen molar-refractivity contribution >= 4 is 21.8 Å². The Labute approximate surface area is 112 Å². The summed E-state index contributed by atoms with van der Waals surface area (Å²) in [6, 6.07) is 5.92. The van der Waals surface area contributed by atoms with Gasteiger partial charge in [-0.1, -0.05) is 33.1 Å². The second-order valence-corrected chi connectivity index (χ2v) is 5.95. The van der Waals surface area contributed by atoms with Crippen LogP contribution in [0.3, 0.4) is 0 Å². The number of amides is 1. The Kier molecular flexibility index (Phi) is 4.75. The molecule has 1 N–H and O–H groups in total. The Hall–Kier alpha value is -0.830. The third-order valence-corrected chi connectivity index (χ3v) is 3.05. The topological polar surface area (TPSA) is 29.1 Å². The number of halogens is 1. The van der Waals surface area contributed by atoms with E-state index in [0.29, 0.717) is 0 Å². The lowest BCUT2D eigenvalue weighted by Crippen LogP contribution is -2.43. The molecule has 2 nitrogen and oxygen atoms in total. The number of hydrogen-bond donors (Lipinski definition) is 1. The van der Waals surface area contributed by atoms with E-state index in [1.807, 2.05) is 39.8 Å². The zero-order chi connectivity index (χ0) is 13.1. The summed E-state index contributed by atoms with van der Waals surface area (Å²) in [5, 5.41) is 3.94. The Bertz CT molecular complexity index is 392. The number of carbonyl (C=O) groups is 1. The van der Waals surface area contributed by atoms with Crippen LogP contribution in [-0.4, -0.2) is 16.8 Å². The lowest BCUT2D eigenvalue weighted by Gasteiger charge is -2.25. The molecule has 17 heavy (non-hydrogen) atoms. The molecule has 94 valence electrons. The monoisotopic (exact) mass is 297 g/mol. The lowest BCUT2D eigenvalue weighted by atomic mass is 10.0. The fourth-order valence-corrected chi connectivity index (χ4v) is 2.78. The van der Waals surface area contributed by atoms with E-state index in [1.54, 1.807) is 0 Å². The maximum Gasteiger partial charge on any atom is 0.251 e. The van der Waals surface area contributed by atoms with Crippen LogP contribution in [0.15, 0.2) is 18.2 Å². The maximum atomic E-state index is 12.1. The van der Waals surface area contributed by atoms with E-state index >= 15 is 0 Å². The predicted molar refractivity (Wildman–Crippen MR) is 75.9 cm³/mol. The third-order valence-electron chi connectivity index (χ3n) is 2.66. The second-order valence-electron chi connectivity index (χ2n) is 5.15. The molecule has 1 aromatic carbocycles. The molecule has 0 bridgehead atoms. The van der Waals surface area contributed by atoms with Crippen LogP contribution in [0.2, 0.25) is 0 Å². The molecule has 0 fully saturated rings. The molecule has 0 atom stereocenters. The third kappa shape index (κ3) is 4.50. The van der Waals surface area contributed by atoms with Crippen LogP contribution < -0.4 is 5.32 Å². The highest BCUT2D eigenvalue weighted by Gasteiger charge is 2.20. The minimum atomic E-state index is -0.182. The normalized spacial score (nSPS) is 11.4. The van der Waals surface area contributed by atoms with Crippen LogP contribution in [0.25, 0.3) is 0 Å². The van der Waals surface area contributed by atoms with Crippen LogP contribution in [0.4, 0.5) is 0 Å². The van der Waals surface area contributed by atoms with Crippen LogP contribution in [0, 0.1) is 13.8 Å². The van der Waals surface area contributed by atoms with Gasteiger partial charge < -0.3 is 5.32 Å². The van der Waals surface area contributed by atoms with E-state index in [0.717, 1.165) is 28.4 Å². The highest BCUT2D eigenvalue weighted by molar-refractivity contribution is 9.09. The number of hydrogen-bond acceptors (Lipinski definition) is 1. The molecule has 1 aromatic rings. The number of benzene rings is 1. The van der Waals surface area contributed by atoms with Crippen molar-refractivity contribution in [3.63, 3.8) is 0 Å². The summed E-state index contributed by atoms with van der Waals surface area (Å²) in [5.41, 5.74) is 2.80. The summed E-state index contributed by atoms with van der Waals surface area (Å²) in [4.78, 5) is 12.1. The quantitative estimate of drug-likeness (QED) is 0.846. The van der Waals surface area contributed by atoms with Gasteiger partial charge in [-0.3, -0.25) is 4.79 Å². The average molecular weight is 298 g/mol. The van der Waals surface area contributed by atoms with Gasteiger partial charge in [0.25, 0.3) is 5.91 Å². The molecule has 0 unspecified atom stereocenters. The van der Waals surface area contributed by atoms with E-state index in [1.165, 1.54) is 0 Å². The van der Waals surface area contributed by atoms with Gasteiger partial charge in [-0.25, -0.2) is 0 Å². The highest BCUT2D eigenvalue weighted by atomic mass is 79.9. The zero-order valence-corrected chi connectivity index (χ0v) is 12.5. The van der Waals surface area contributed by atoms with E-state index in [4.69, 9.17) is 0 Å². The van der Waals surface area contributed by atoms with Crippen molar-refractivity contribution in [3.05, 3.63) is 34.9 Å².